The summed E-state index contributed by atoms with van der Waals surface area (Å²) < 4.78 is 10.7. The molecule has 0 amide bonds. The Kier molecular flexibility index (Phi) is 1.81. The maximum atomic E-state index is 9.34. The molecule has 0 saturated carbocycles. The molecule has 4 nitrogen and oxygen atoms in total. The first kappa shape index (κ1) is 8.88. The van der Waals surface area contributed by atoms with E-state index in [-0.39, 0.29) is 6.61 Å². The van der Waals surface area contributed by atoms with E-state index in [4.69, 9.17) is 9.15 Å². The topological polar surface area (TPSA) is 55.5 Å². The Morgan fingerprint density at radius 2 is 2.13 bits per heavy atom. The van der Waals surface area contributed by atoms with Crippen molar-refractivity contribution in [2.75, 3.05) is 19.8 Å². The van der Waals surface area contributed by atoms with Gasteiger partial charge in [-0.1, -0.05) is 12.1 Å². The lowest BCUT2D eigenvalue weighted by atomic mass is 9.87. The zero-order chi connectivity index (χ0) is 10.3. The summed E-state index contributed by atoms with van der Waals surface area (Å²) in [6.45, 7) is 0.979. The van der Waals surface area contributed by atoms with Gasteiger partial charge < -0.3 is 14.3 Å². The predicted octanol–water partition coefficient (Wildman–Crippen LogP) is 1.09. The van der Waals surface area contributed by atoms with E-state index < -0.39 is 5.41 Å². The van der Waals surface area contributed by atoms with Crippen molar-refractivity contribution >= 4 is 11.1 Å². The van der Waals surface area contributed by atoms with E-state index in [2.05, 4.69) is 4.98 Å². The van der Waals surface area contributed by atoms with Gasteiger partial charge in [0.05, 0.1) is 19.8 Å². The molecule has 2 heterocycles. The van der Waals surface area contributed by atoms with Gasteiger partial charge in [-0.05, 0) is 12.1 Å². The summed E-state index contributed by atoms with van der Waals surface area (Å²) in [7, 11) is 0. The monoisotopic (exact) mass is 205 g/mol. The minimum atomic E-state index is -0.418. The standard InChI is InChI=1S/C11H11NO3/c13-5-11(6-14-7-11)10-12-8-3-1-2-4-9(8)15-10/h1-4,13H,5-7H2. The molecule has 0 unspecified atom stereocenters. The van der Waals surface area contributed by atoms with E-state index in [1.165, 1.54) is 0 Å². The van der Waals surface area contributed by atoms with Crippen molar-refractivity contribution in [3.05, 3.63) is 30.2 Å². The van der Waals surface area contributed by atoms with Crippen LogP contribution in [0.5, 0.6) is 0 Å². The van der Waals surface area contributed by atoms with Crippen LogP contribution in [0.15, 0.2) is 28.7 Å². The van der Waals surface area contributed by atoms with Crippen LogP contribution < -0.4 is 0 Å². The van der Waals surface area contributed by atoms with Crippen molar-refractivity contribution in [2.24, 2.45) is 0 Å². The third kappa shape index (κ3) is 1.19. The molecule has 3 rings (SSSR count). The molecule has 15 heavy (non-hydrogen) atoms. The smallest absolute Gasteiger partial charge is 0.208 e. The fourth-order valence-electron chi connectivity index (χ4n) is 1.73. The molecule has 0 bridgehead atoms. The van der Waals surface area contributed by atoms with Crippen molar-refractivity contribution in [3.8, 4) is 0 Å². The summed E-state index contributed by atoms with van der Waals surface area (Å²) in [5.41, 5.74) is 1.17. The van der Waals surface area contributed by atoms with E-state index in [1.807, 2.05) is 24.3 Å². The third-order valence-electron chi connectivity index (χ3n) is 2.81. The largest absolute Gasteiger partial charge is 0.440 e. The van der Waals surface area contributed by atoms with Gasteiger partial charge in [0.15, 0.2) is 5.58 Å². The van der Waals surface area contributed by atoms with E-state index in [9.17, 15) is 5.11 Å². The highest BCUT2D eigenvalue weighted by Crippen LogP contribution is 2.33. The van der Waals surface area contributed by atoms with Crippen molar-refractivity contribution in [1.29, 1.82) is 0 Å². The SMILES string of the molecule is OCC1(c2nc3ccccc3o2)COC1. The highest BCUT2D eigenvalue weighted by molar-refractivity contribution is 5.72. The highest BCUT2D eigenvalue weighted by Gasteiger charge is 2.44. The second-order valence-corrected chi connectivity index (χ2v) is 3.92. The van der Waals surface area contributed by atoms with Crippen LogP contribution in [-0.2, 0) is 10.2 Å². The Labute approximate surface area is 86.5 Å². The molecule has 0 aliphatic carbocycles. The molecule has 1 aliphatic rings. The molecule has 1 N–H and O–H groups in total. The van der Waals surface area contributed by atoms with Crippen LogP contribution in [0, 0.1) is 0 Å². The van der Waals surface area contributed by atoms with Gasteiger partial charge in [-0.3, -0.25) is 0 Å². The number of fused-ring (bicyclic) bond motifs is 1. The Morgan fingerprint density at radius 3 is 2.73 bits per heavy atom. The normalized spacial score (nSPS) is 19.0. The molecular weight excluding hydrogens is 194 g/mol. The fraction of sp³-hybridized carbons (Fsp3) is 0.364. The summed E-state index contributed by atoms with van der Waals surface area (Å²) in [4.78, 5) is 4.37. The van der Waals surface area contributed by atoms with Gasteiger partial charge in [0.2, 0.25) is 5.89 Å². The number of hydrogen-bond donors (Lipinski definition) is 1. The summed E-state index contributed by atoms with van der Waals surface area (Å²) in [5, 5.41) is 9.34. The molecule has 1 saturated heterocycles. The number of hydrogen-bond acceptors (Lipinski definition) is 4. The minimum absolute atomic E-state index is 0.0137. The molecule has 1 aliphatic heterocycles. The van der Waals surface area contributed by atoms with Crippen molar-refractivity contribution < 1.29 is 14.3 Å². The Hall–Kier alpha value is -1.39. The number of aliphatic hydroxyl groups excluding tert-OH is 1. The number of aromatic nitrogens is 1. The molecule has 0 spiro atoms. The van der Waals surface area contributed by atoms with Gasteiger partial charge in [-0.25, -0.2) is 4.98 Å². The maximum Gasteiger partial charge on any atom is 0.208 e. The van der Waals surface area contributed by atoms with Gasteiger partial charge in [0.25, 0.3) is 0 Å². The number of rotatable bonds is 2. The zero-order valence-corrected chi connectivity index (χ0v) is 8.14. The average Bonchev–Trinajstić information content (AvgIpc) is 2.60. The van der Waals surface area contributed by atoms with Gasteiger partial charge in [0, 0.05) is 0 Å². The Bertz CT molecular complexity index is 449. The van der Waals surface area contributed by atoms with Crippen molar-refractivity contribution in [3.63, 3.8) is 0 Å². The molecule has 1 fully saturated rings. The first-order valence-corrected chi connectivity index (χ1v) is 4.89. The lowest BCUT2D eigenvalue weighted by Crippen LogP contribution is -2.49. The molecule has 1 aromatic carbocycles. The third-order valence-corrected chi connectivity index (χ3v) is 2.81. The van der Waals surface area contributed by atoms with E-state index >= 15 is 0 Å². The number of aliphatic hydroxyl groups is 1. The number of nitrogens with zero attached hydrogens (tertiary/aromatic N) is 1. The zero-order valence-electron chi connectivity index (χ0n) is 8.14. The van der Waals surface area contributed by atoms with Crippen LogP contribution in [0.4, 0.5) is 0 Å². The van der Waals surface area contributed by atoms with E-state index in [1.54, 1.807) is 0 Å². The Morgan fingerprint density at radius 1 is 1.33 bits per heavy atom. The van der Waals surface area contributed by atoms with E-state index in [0.29, 0.717) is 19.1 Å². The number of oxazole rings is 1. The van der Waals surface area contributed by atoms with Crippen LogP contribution in [0.1, 0.15) is 5.89 Å². The van der Waals surface area contributed by atoms with Crippen molar-refractivity contribution in [2.45, 2.75) is 5.41 Å². The van der Waals surface area contributed by atoms with Gasteiger partial charge >= 0.3 is 0 Å². The van der Waals surface area contributed by atoms with Crippen LogP contribution in [0.25, 0.3) is 11.1 Å². The van der Waals surface area contributed by atoms with Crippen LogP contribution >= 0.6 is 0 Å². The van der Waals surface area contributed by atoms with Crippen molar-refractivity contribution in [1.82, 2.24) is 4.98 Å². The quantitative estimate of drug-likeness (QED) is 0.797. The maximum absolute atomic E-state index is 9.34. The van der Waals surface area contributed by atoms with Crippen LogP contribution in [-0.4, -0.2) is 29.9 Å². The first-order valence-electron chi connectivity index (χ1n) is 4.89. The lowest BCUT2D eigenvalue weighted by Gasteiger charge is -2.36. The average molecular weight is 205 g/mol. The fourth-order valence-corrected chi connectivity index (χ4v) is 1.73. The molecule has 78 valence electrons. The number of para-hydroxylation sites is 2. The highest BCUT2D eigenvalue weighted by atomic mass is 16.5. The minimum Gasteiger partial charge on any atom is -0.440 e. The first-order chi connectivity index (χ1) is 7.34. The molecule has 1 aromatic heterocycles. The second-order valence-electron chi connectivity index (χ2n) is 3.92. The van der Waals surface area contributed by atoms with Crippen LogP contribution in [0.3, 0.4) is 0 Å². The summed E-state index contributed by atoms with van der Waals surface area (Å²) >= 11 is 0. The molecule has 4 heteroatoms. The van der Waals surface area contributed by atoms with E-state index in [0.717, 1.165) is 11.1 Å². The summed E-state index contributed by atoms with van der Waals surface area (Å²) in [5.74, 6) is 0.581. The van der Waals surface area contributed by atoms with Crippen LogP contribution in [0.2, 0.25) is 0 Å². The van der Waals surface area contributed by atoms with Gasteiger partial charge in [-0.15, -0.1) is 0 Å². The summed E-state index contributed by atoms with van der Waals surface area (Å²) in [6, 6.07) is 7.58. The Balaban J connectivity index is 2.11. The van der Waals surface area contributed by atoms with Gasteiger partial charge in [-0.2, -0.15) is 0 Å². The predicted molar refractivity (Wildman–Crippen MR) is 53.6 cm³/mol. The molecular formula is C11H11NO3. The second kappa shape index (κ2) is 3.05. The summed E-state index contributed by atoms with van der Waals surface area (Å²) in [6.07, 6.45) is 0. The van der Waals surface area contributed by atoms with Gasteiger partial charge in [0.1, 0.15) is 10.9 Å². The number of benzene rings is 1. The number of ether oxygens (including phenoxy) is 1. The lowest BCUT2D eigenvalue weighted by molar-refractivity contribution is -0.0954. The molecule has 0 atom stereocenters. The molecule has 2 aromatic rings. The molecule has 0 radical (unpaired) electrons.